The second-order valence-corrected chi connectivity index (χ2v) is 5.65. The maximum atomic E-state index is 11.5. The zero-order chi connectivity index (χ0) is 13.9. The minimum Gasteiger partial charge on any atom is -0.378 e. The lowest BCUT2D eigenvalue weighted by Crippen LogP contribution is -2.41. The molecule has 2 aliphatic heterocycles. The van der Waals surface area contributed by atoms with E-state index in [4.69, 9.17) is 4.74 Å². The van der Waals surface area contributed by atoms with Crippen LogP contribution in [-0.4, -0.2) is 44.7 Å². The molecule has 0 bridgehead atoms. The summed E-state index contributed by atoms with van der Waals surface area (Å²) in [6.45, 7) is 6.53. The maximum absolute atomic E-state index is 11.5. The second-order valence-electron chi connectivity index (χ2n) is 5.65. The molecule has 0 aromatic heterocycles. The summed E-state index contributed by atoms with van der Waals surface area (Å²) in [4.78, 5) is 16.2. The summed E-state index contributed by atoms with van der Waals surface area (Å²) in [5.74, 6) is 0.388. The number of ketones is 1. The molecule has 0 amide bonds. The SMILES string of the molecule is CC1CC(=O)CCN1c1ccc(N2CCOCC2)cc1. The number of nitrogens with zero attached hydrogens (tertiary/aromatic N) is 2. The molecule has 1 atom stereocenters. The highest BCUT2D eigenvalue weighted by Crippen LogP contribution is 2.26. The average molecular weight is 274 g/mol. The van der Waals surface area contributed by atoms with Crippen molar-refractivity contribution in [2.75, 3.05) is 42.6 Å². The molecule has 2 fully saturated rings. The fourth-order valence-corrected chi connectivity index (χ4v) is 3.07. The van der Waals surface area contributed by atoms with Crippen molar-refractivity contribution in [3.05, 3.63) is 24.3 Å². The zero-order valence-corrected chi connectivity index (χ0v) is 12.0. The Kier molecular flexibility index (Phi) is 3.92. The number of morpholine rings is 1. The van der Waals surface area contributed by atoms with Crippen LogP contribution in [0.4, 0.5) is 11.4 Å². The minimum atomic E-state index is 0.311. The first-order valence-corrected chi connectivity index (χ1v) is 7.45. The fraction of sp³-hybridized carbons (Fsp3) is 0.562. The molecule has 2 heterocycles. The van der Waals surface area contributed by atoms with Crippen LogP contribution < -0.4 is 9.80 Å². The number of hydrogen-bond acceptors (Lipinski definition) is 4. The predicted molar refractivity (Wildman–Crippen MR) is 80.5 cm³/mol. The summed E-state index contributed by atoms with van der Waals surface area (Å²) in [6, 6.07) is 9.03. The van der Waals surface area contributed by atoms with Crippen molar-refractivity contribution in [1.29, 1.82) is 0 Å². The van der Waals surface area contributed by atoms with Gasteiger partial charge in [0.05, 0.1) is 13.2 Å². The Balaban J connectivity index is 1.70. The van der Waals surface area contributed by atoms with Crippen molar-refractivity contribution >= 4 is 17.2 Å². The Hall–Kier alpha value is -1.55. The number of anilines is 2. The summed E-state index contributed by atoms with van der Waals surface area (Å²) >= 11 is 0. The lowest BCUT2D eigenvalue weighted by atomic mass is 10.0. The summed E-state index contributed by atoms with van der Waals surface area (Å²) in [7, 11) is 0. The third-order valence-electron chi connectivity index (χ3n) is 4.24. The van der Waals surface area contributed by atoms with Gasteiger partial charge in [0.15, 0.2) is 0 Å². The Morgan fingerprint density at radius 3 is 2.35 bits per heavy atom. The van der Waals surface area contributed by atoms with Crippen LogP contribution in [0, 0.1) is 0 Å². The molecule has 108 valence electrons. The first kappa shape index (κ1) is 13.4. The number of rotatable bonds is 2. The molecule has 1 unspecified atom stereocenters. The lowest BCUT2D eigenvalue weighted by molar-refractivity contribution is -0.120. The molecule has 1 aromatic rings. The molecule has 1 aromatic carbocycles. The van der Waals surface area contributed by atoms with E-state index in [0.29, 0.717) is 24.7 Å². The van der Waals surface area contributed by atoms with Gasteiger partial charge in [-0.3, -0.25) is 4.79 Å². The smallest absolute Gasteiger partial charge is 0.136 e. The standard InChI is InChI=1S/C16H22N2O2/c1-13-12-16(19)6-7-18(13)15-4-2-14(3-5-15)17-8-10-20-11-9-17/h2-5,13H,6-12H2,1H3. The van der Waals surface area contributed by atoms with Gasteiger partial charge in [-0.1, -0.05) is 0 Å². The Labute approximate surface area is 120 Å². The van der Waals surface area contributed by atoms with Crippen LogP contribution in [0.2, 0.25) is 0 Å². The van der Waals surface area contributed by atoms with Crippen LogP contribution in [0.1, 0.15) is 19.8 Å². The van der Waals surface area contributed by atoms with Crippen molar-refractivity contribution in [3.8, 4) is 0 Å². The summed E-state index contributed by atoms with van der Waals surface area (Å²) in [6.07, 6.45) is 1.35. The number of piperidine rings is 1. The molecule has 0 saturated carbocycles. The quantitative estimate of drug-likeness (QED) is 0.826. The molecule has 3 rings (SSSR count). The number of benzene rings is 1. The molecule has 2 aliphatic rings. The molecule has 0 aliphatic carbocycles. The molecule has 4 nitrogen and oxygen atoms in total. The van der Waals surface area contributed by atoms with Crippen LogP contribution in [0.25, 0.3) is 0 Å². The van der Waals surface area contributed by atoms with Crippen LogP contribution in [0.3, 0.4) is 0 Å². The number of Topliss-reactive ketones (excluding diaryl/α,β-unsaturated/α-hetero) is 1. The van der Waals surface area contributed by atoms with E-state index in [9.17, 15) is 4.79 Å². The van der Waals surface area contributed by atoms with Crippen molar-refractivity contribution in [2.24, 2.45) is 0 Å². The van der Waals surface area contributed by atoms with Crippen molar-refractivity contribution in [2.45, 2.75) is 25.8 Å². The third-order valence-corrected chi connectivity index (χ3v) is 4.24. The molecular weight excluding hydrogens is 252 g/mol. The topological polar surface area (TPSA) is 32.8 Å². The highest BCUT2D eigenvalue weighted by molar-refractivity contribution is 5.81. The number of ether oxygens (including phenoxy) is 1. The molecule has 0 radical (unpaired) electrons. The van der Waals surface area contributed by atoms with Gasteiger partial charge in [-0.25, -0.2) is 0 Å². The lowest BCUT2D eigenvalue weighted by Gasteiger charge is -2.35. The predicted octanol–water partition coefficient (Wildman–Crippen LogP) is 2.08. The number of hydrogen-bond donors (Lipinski definition) is 0. The Morgan fingerprint density at radius 1 is 1.05 bits per heavy atom. The number of carbonyl (C=O) groups is 1. The van der Waals surface area contributed by atoms with Crippen LogP contribution in [0.5, 0.6) is 0 Å². The van der Waals surface area contributed by atoms with E-state index in [0.717, 1.165) is 32.8 Å². The van der Waals surface area contributed by atoms with Crippen LogP contribution >= 0.6 is 0 Å². The third kappa shape index (κ3) is 2.80. The van der Waals surface area contributed by atoms with Gasteiger partial charge in [0.1, 0.15) is 5.78 Å². The van der Waals surface area contributed by atoms with E-state index in [1.165, 1.54) is 11.4 Å². The maximum Gasteiger partial charge on any atom is 0.136 e. The molecule has 20 heavy (non-hydrogen) atoms. The van der Waals surface area contributed by atoms with Crippen molar-refractivity contribution in [3.63, 3.8) is 0 Å². The van der Waals surface area contributed by atoms with Gasteiger partial charge < -0.3 is 14.5 Å². The minimum absolute atomic E-state index is 0.311. The molecule has 2 saturated heterocycles. The van der Waals surface area contributed by atoms with E-state index in [1.807, 2.05) is 0 Å². The molecule has 0 N–H and O–H groups in total. The van der Waals surface area contributed by atoms with Gasteiger partial charge in [-0.15, -0.1) is 0 Å². The van der Waals surface area contributed by atoms with Gasteiger partial charge in [-0.2, -0.15) is 0 Å². The normalized spacial score (nSPS) is 24.1. The van der Waals surface area contributed by atoms with Crippen molar-refractivity contribution < 1.29 is 9.53 Å². The van der Waals surface area contributed by atoms with Crippen LogP contribution in [0.15, 0.2) is 24.3 Å². The van der Waals surface area contributed by atoms with E-state index in [1.54, 1.807) is 0 Å². The molecule has 4 heteroatoms. The first-order chi connectivity index (χ1) is 9.74. The Bertz CT molecular complexity index is 466. The first-order valence-electron chi connectivity index (χ1n) is 7.45. The summed E-state index contributed by atoms with van der Waals surface area (Å²) < 4.78 is 5.38. The highest BCUT2D eigenvalue weighted by atomic mass is 16.5. The van der Waals surface area contributed by atoms with Crippen molar-refractivity contribution in [1.82, 2.24) is 0 Å². The van der Waals surface area contributed by atoms with E-state index in [-0.39, 0.29) is 0 Å². The number of carbonyl (C=O) groups excluding carboxylic acids is 1. The van der Waals surface area contributed by atoms with Gasteiger partial charge in [0.25, 0.3) is 0 Å². The van der Waals surface area contributed by atoms with E-state index < -0.39 is 0 Å². The molecular formula is C16H22N2O2. The van der Waals surface area contributed by atoms with Gasteiger partial charge in [0.2, 0.25) is 0 Å². The molecule has 0 spiro atoms. The summed E-state index contributed by atoms with van der Waals surface area (Å²) in [5, 5.41) is 0. The summed E-state index contributed by atoms with van der Waals surface area (Å²) in [5.41, 5.74) is 2.49. The van der Waals surface area contributed by atoms with E-state index >= 15 is 0 Å². The van der Waals surface area contributed by atoms with Crippen LogP contribution in [-0.2, 0) is 9.53 Å². The fourth-order valence-electron chi connectivity index (χ4n) is 3.07. The second kappa shape index (κ2) is 5.83. The van der Waals surface area contributed by atoms with Gasteiger partial charge in [-0.05, 0) is 31.2 Å². The average Bonchev–Trinajstić information content (AvgIpc) is 2.48. The largest absolute Gasteiger partial charge is 0.378 e. The van der Waals surface area contributed by atoms with Gasteiger partial charge >= 0.3 is 0 Å². The van der Waals surface area contributed by atoms with E-state index in [2.05, 4.69) is 41.0 Å². The monoisotopic (exact) mass is 274 g/mol. The van der Waals surface area contributed by atoms with Gasteiger partial charge in [0, 0.05) is 49.9 Å². The highest BCUT2D eigenvalue weighted by Gasteiger charge is 2.23. The Morgan fingerprint density at radius 2 is 1.70 bits per heavy atom. The zero-order valence-electron chi connectivity index (χ0n) is 12.0.